The minimum Gasteiger partial charge on any atom is -0.457 e. The monoisotopic (exact) mass is 505 g/mol. The van der Waals surface area contributed by atoms with E-state index in [2.05, 4.69) is 36.2 Å². The first kappa shape index (κ1) is 21.6. The number of nitrogens with zero attached hydrogens (tertiary/aromatic N) is 2. The van der Waals surface area contributed by atoms with Gasteiger partial charge in [-0.1, -0.05) is 15.9 Å². The summed E-state index contributed by atoms with van der Waals surface area (Å²) in [5.41, 5.74) is 6.01. The Hall–Kier alpha value is -3.60. The number of carbonyl (C=O) groups excluding carboxylic acids is 1. The highest BCUT2D eigenvalue weighted by Gasteiger charge is 2.34. The fourth-order valence-corrected chi connectivity index (χ4v) is 3.46. The molecule has 0 saturated carbocycles. The van der Waals surface area contributed by atoms with Gasteiger partial charge in [0, 0.05) is 22.3 Å². The molecule has 0 aliphatic heterocycles. The Kier molecular flexibility index (Phi) is 5.51. The second kappa shape index (κ2) is 8.15. The second-order valence-corrected chi connectivity index (χ2v) is 7.74. The summed E-state index contributed by atoms with van der Waals surface area (Å²) in [4.78, 5) is 22.6. The number of fused-ring (bicyclic) bond motifs is 1. The Balaban J connectivity index is 1.63. The number of rotatable bonds is 5. The molecule has 11 heteroatoms. The Morgan fingerprint density at radius 1 is 1.19 bits per heavy atom. The van der Waals surface area contributed by atoms with E-state index in [0.717, 1.165) is 6.07 Å². The average Bonchev–Trinajstić information content (AvgIpc) is 3.11. The first-order chi connectivity index (χ1) is 15.1. The lowest BCUT2D eigenvalue weighted by molar-refractivity contribution is -0.137. The quantitative estimate of drug-likeness (QED) is 0.323. The third-order valence-electron chi connectivity index (χ3n) is 4.61. The third-order valence-corrected chi connectivity index (χ3v) is 5.10. The second-order valence-electron chi connectivity index (χ2n) is 6.83. The Morgan fingerprint density at radius 3 is 2.69 bits per heavy atom. The fraction of sp³-hybridized carbons (Fsp3) is 0.0952. The van der Waals surface area contributed by atoms with Crippen LogP contribution in [0.5, 0.6) is 11.5 Å². The molecule has 164 valence electrons. The molecule has 0 aliphatic rings. The molecule has 0 atom stereocenters. The van der Waals surface area contributed by atoms with Crippen molar-refractivity contribution < 1.29 is 22.7 Å². The SMILES string of the molecule is Cc1c(Oc2ccc3nc(Nc4ccc(Br)cc4C(F)(F)F)[nH]c3c2)ccnc1C(N)=O. The molecule has 0 fully saturated rings. The van der Waals surface area contributed by atoms with Crippen LogP contribution in [0.4, 0.5) is 24.8 Å². The molecular weight excluding hydrogens is 491 g/mol. The fourth-order valence-electron chi connectivity index (χ4n) is 3.10. The number of nitrogens with one attached hydrogen (secondary N) is 2. The zero-order valence-electron chi connectivity index (χ0n) is 16.4. The predicted molar refractivity (Wildman–Crippen MR) is 116 cm³/mol. The van der Waals surface area contributed by atoms with Crippen LogP contribution in [0, 0.1) is 6.92 Å². The van der Waals surface area contributed by atoms with E-state index in [1.165, 1.54) is 18.3 Å². The number of aromatic amines is 1. The zero-order chi connectivity index (χ0) is 23.0. The van der Waals surface area contributed by atoms with Crippen molar-refractivity contribution in [1.29, 1.82) is 0 Å². The lowest BCUT2D eigenvalue weighted by atomic mass is 10.1. The number of alkyl halides is 3. The molecular formula is C21H15BrF3N5O2. The number of anilines is 2. The number of H-pyrrole nitrogens is 1. The number of halogens is 4. The molecule has 0 unspecified atom stereocenters. The molecule has 7 nitrogen and oxygen atoms in total. The van der Waals surface area contributed by atoms with Crippen molar-refractivity contribution >= 4 is 44.5 Å². The molecule has 4 aromatic rings. The molecule has 4 rings (SSSR count). The minimum absolute atomic E-state index is 0.103. The van der Waals surface area contributed by atoms with Gasteiger partial charge in [-0.2, -0.15) is 13.2 Å². The first-order valence-corrected chi connectivity index (χ1v) is 9.98. The largest absolute Gasteiger partial charge is 0.457 e. The number of ether oxygens (including phenoxy) is 1. The van der Waals surface area contributed by atoms with E-state index < -0.39 is 17.6 Å². The van der Waals surface area contributed by atoms with Crippen molar-refractivity contribution in [2.45, 2.75) is 13.1 Å². The van der Waals surface area contributed by atoms with Gasteiger partial charge in [-0.15, -0.1) is 0 Å². The van der Waals surface area contributed by atoms with Crippen LogP contribution in [-0.4, -0.2) is 20.9 Å². The molecule has 0 radical (unpaired) electrons. The van der Waals surface area contributed by atoms with Crippen LogP contribution in [0.3, 0.4) is 0 Å². The third kappa shape index (κ3) is 4.37. The highest BCUT2D eigenvalue weighted by Crippen LogP contribution is 2.38. The summed E-state index contributed by atoms with van der Waals surface area (Å²) in [7, 11) is 0. The lowest BCUT2D eigenvalue weighted by Gasteiger charge is -2.13. The van der Waals surface area contributed by atoms with E-state index in [4.69, 9.17) is 10.5 Å². The number of benzene rings is 2. The summed E-state index contributed by atoms with van der Waals surface area (Å²) in [6.45, 7) is 1.66. The van der Waals surface area contributed by atoms with Crippen molar-refractivity contribution in [1.82, 2.24) is 15.0 Å². The summed E-state index contributed by atoms with van der Waals surface area (Å²) in [6.07, 6.45) is -3.12. The summed E-state index contributed by atoms with van der Waals surface area (Å²) in [6, 6.07) is 10.4. The smallest absolute Gasteiger partial charge is 0.418 e. The number of hydrogen-bond donors (Lipinski definition) is 3. The maximum atomic E-state index is 13.4. The van der Waals surface area contributed by atoms with E-state index in [9.17, 15) is 18.0 Å². The van der Waals surface area contributed by atoms with Crippen molar-refractivity contribution in [3.05, 3.63) is 70.0 Å². The number of primary amides is 1. The van der Waals surface area contributed by atoms with Gasteiger partial charge in [0.25, 0.3) is 5.91 Å². The van der Waals surface area contributed by atoms with Crippen molar-refractivity contribution in [3.63, 3.8) is 0 Å². The summed E-state index contributed by atoms with van der Waals surface area (Å²) in [5.74, 6) is 0.299. The number of carbonyl (C=O) groups is 1. The van der Waals surface area contributed by atoms with Crippen molar-refractivity contribution in [2.75, 3.05) is 5.32 Å². The Labute approximate surface area is 187 Å². The molecule has 4 N–H and O–H groups in total. The molecule has 2 heterocycles. The maximum Gasteiger partial charge on any atom is 0.418 e. The number of aromatic nitrogens is 3. The number of pyridine rings is 1. The predicted octanol–water partition coefficient (Wildman–Crippen LogP) is 5.68. The van der Waals surface area contributed by atoms with Gasteiger partial charge >= 0.3 is 6.18 Å². The summed E-state index contributed by atoms with van der Waals surface area (Å²) in [5, 5.41) is 2.69. The minimum atomic E-state index is -4.54. The number of hydrogen-bond acceptors (Lipinski definition) is 5. The van der Waals surface area contributed by atoms with Gasteiger partial charge in [0.05, 0.1) is 22.3 Å². The molecule has 1 amide bonds. The van der Waals surface area contributed by atoms with Gasteiger partial charge in [-0.3, -0.25) is 9.78 Å². The highest BCUT2D eigenvalue weighted by atomic mass is 79.9. The summed E-state index contributed by atoms with van der Waals surface area (Å²) < 4.78 is 46.3. The van der Waals surface area contributed by atoms with Crippen molar-refractivity contribution in [3.8, 4) is 11.5 Å². The van der Waals surface area contributed by atoms with Crippen LogP contribution in [0.2, 0.25) is 0 Å². The van der Waals surface area contributed by atoms with Gasteiger partial charge in [0.2, 0.25) is 5.95 Å². The van der Waals surface area contributed by atoms with E-state index in [1.807, 2.05) is 0 Å². The first-order valence-electron chi connectivity index (χ1n) is 9.18. The molecule has 0 aliphatic carbocycles. The van der Waals surface area contributed by atoms with Crippen LogP contribution < -0.4 is 15.8 Å². The maximum absolute atomic E-state index is 13.4. The van der Waals surface area contributed by atoms with Gasteiger partial charge in [0.1, 0.15) is 17.2 Å². The van der Waals surface area contributed by atoms with Crippen LogP contribution >= 0.6 is 15.9 Å². The van der Waals surface area contributed by atoms with Gasteiger partial charge in [-0.05, 0) is 43.3 Å². The number of nitrogens with two attached hydrogens (primary N) is 1. The van der Waals surface area contributed by atoms with E-state index in [-0.39, 0.29) is 17.3 Å². The lowest BCUT2D eigenvalue weighted by Crippen LogP contribution is -2.15. The Morgan fingerprint density at radius 2 is 1.97 bits per heavy atom. The van der Waals surface area contributed by atoms with E-state index in [0.29, 0.717) is 32.6 Å². The normalized spacial score (nSPS) is 11.5. The number of imidazole rings is 1. The van der Waals surface area contributed by atoms with Gasteiger partial charge in [0.15, 0.2) is 0 Å². The van der Waals surface area contributed by atoms with Crippen LogP contribution in [0.15, 0.2) is 53.1 Å². The van der Waals surface area contributed by atoms with E-state index >= 15 is 0 Å². The molecule has 2 aromatic carbocycles. The highest BCUT2D eigenvalue weighted by molar-refractivity contribution is 9.10. The molecule has 0 bridgehead atoms. The standard InChI is InChI=1S/C21H15BrF3N5O2/c1-10-17(6-7-27-18(10)19(26)31)32-12-3-5-15-16(9-12)30-20(29-15)28-14-4-2-11(22)8-13(14)21(23,24)25/h2-9H,1H3,(H2,26,31)(H2,28,29,30). The van der Waals surface area contributed by atoms with Crippen LogP contribution in [0.1, 0.15) is 21.6 Å². The average molecular weight is 506 g/mol. The summed E-state index contributed by atoms with van der Waals surface area (Å²) >= 11 is 3.06. The van der Waals surface area contributed by atoms with Crippen LogP contribution in [-0.2, 0) is 6.18 Å². The molecule has 0 spiro atoms. The zero-order valence-corrected chi connectivity index (χ0v) is 18.0. The Bertz CT molecular complexity index is 1340. The van der Waals surface area contributed by atoms with Gasteiger partial charge < -0.3 is 20.8 Å². The van der Waals surface area contributed by atoms with Crippen molar-refractivity contribution in [2.24, 2.45) is 5.73 Å². The van der Waals surface area contributed by atoms with Gasteiger partial charge in [-0.25, -0.2) is 4.98 Å². The molecule has 32 heavy (non-hydrogen) atoms. The molecule has 0 saturated heterocycles. The molecule has 2 aromatic heterocycles. The topological polar surface area (TPSA) is 106 Å². The van der Waals surface area contributed by atoms with E-state index in [1.54, 1.807) is 31.2 Å². The number of amides is 1. The van der Waals surface area contributed by atoms with Crippen LogP contribution in [0.25, 0.3) is 11.0 Å².